The van der Waals surface area contributed by atoms with Crippen molar-refractivity contribution in [2.24, 2.45) is 0 Å². The Kier molecular flexibility index (Phi) is 6.12. The van der Waals surface area contributed by atoms with Crippen LogP contribution in [0.1, 0.15) is 41.9 Å². The Bertz CT molecular complexity index is 1140. The number of rotatable bonds is 5. The number of benzene rings is 2. The van der Waals surface area contributed by atoms with Gasteiger partial charge in [0, 0.05) is 33.8 Å². The fourth-order valence-corrected chi connectivity index (χ4v) is 3.47. The number of fused-ring (bicyclic) bond motifs is 1. The number of aromatic nitrogens is 1. The van der Waals surface area contributed by atoms with E-state index in [2.05, 4.69) is 5.32 Å². The van der Waals surface area contributed by atoms with Crippen molar-refractivity contribution in [2.45, 2.75) is 39.7 Å². The van der Waals surface area contributed by atoms with E-state index in [1.54, 1.807) is 6.92 Å². The van der Waals surface area contributed by atoms with Crippen LogP contribution in [0.2, 0.25) is 5.02 Å². The summed E-state index contributed by atoms with van der Waals surface area (Å²) in [4.78, 5) is 25.6. The van der Waals surface area contributed by atoms with Crippen LogP contribution >= 0.6 is 11.6 Å². The molecule has 0 saturated carbocycles. The summed E-state index contributed by atoms with van der Waals surface area (Å²) >= 11 is 5.87. The molecule has 0 radical (unpaired) electrons. The molecule has 3 aromatic rings. The monoisotopic (exact) mass is 434 g/mol. The standard InChI is InChI=1S/C22H21ClF2N2O3/c1-4-11(2)26-18(28)9-15-12(3)27(22(30)13-5-7-14(23)8-6-13)17-10-16(24)21(29)20(25)19(15)17/h5-8,10-11,29H,4,9H2,1-3H3,(H,26,28)/t11-/m0/s1. The molecule has 8 heteroatoms. The lowest BCUT2D eigenvalue weighted by molar-refractivity contribution is -0.121. The van der Waals surface area contributed by atoms with Crippen molar-refractivity contribution in [3.05, 3.63) is 63.8 Å². The number of nitrogens with one attached hydrogen (secondary N) is 1. The summed E-state index contributed by atoms with van der Waals surface area (Å²) in [6, 6.07) is 6.87. The smallest absolute Gasteiger partial charge is 0.262 e. The number of amides is 1. The zero-order chi connectivity index (χ0) is 22.2. The molecule has 5 nitrogen and oxygen atoms in total. The molecule has 158 valence electrons. The highest BCUT2D eigenvalue weighted by Gasteiger charge is 2.27. The maximum absolute atomic E-state index is 14.8. The van der Waals surface area contributed by atoms with Crippen LogP contribution in [0.5, 0.6) is 5.75 Å². The van der Waals surface area contributed by atoms with Crippen molar-refractivity contribution in [1.29, 1.82) is 0 Å². The van der Waals surface area contributed by atoms with Gasteiger partial charge in [0.1, 0.15) is 0 Å². The van der Waals surface area contributed by atoms with Crippen molar-refractivity contribution < 1.29 is 23.5 Å². The van der Waals surface area contributed by atoms with Gasteiger partial charge >= 0.3 is 0 Å². The maximum atomic E-state index is 14.8. The lowest BCUT2D eigenvalue weighted by Crippen LogP contribution is -2.33. The Morgan fingerprint density at radius 3 is 2.47 bits per heavy atom. The molecule has 1 heterocycles. The van der Waals surface area contributed by atoms with E-state index in [1.165, 1.54) is 24.3 Å². The SMILES string of the molecule is CC[C@H](C)NC(=O)Cc1c(C)n(C(=O)c2ccc(Cl)cc2)c2cc(F)c(O)c(F)c12. The molecular weight excluding hydrogens is 414 g/mol. The molecule has 0 fully saturated rings. The van der Waals surface area contributed by atoms with Gasteiger partial charge < -0.3 is 10.4 Å². The predicted octanol–water partition coefficient (Wildman–Crippen LogP) is 4.73. The third kappa shape index (κ3) is 3.89. The first-order valence-electron chi connectivity index (χ1n) is 9.46. The molecule has 0 spiro atoms. The summed E-state index contributed by atoms with van der Waals surface area (Å²) in [7, 11) is 0. The first kappa shape index (κ1) is 21.8. The van der Waals surface area contributed by atoms with E-state index >= 15 is 0 Å². The highest BCUT2D eigenvalue weighted by atomic mass is 35.5. The Hall–Kier alpha value is -2.93. The number of carbonyl (C=O) groups excluding carboxylic acids is 2. The number of hydrogen-bond acceptors (Lipinski definition) is 3. The molecule has 30 heavy (non-hydrogen) atoms. The zero-order valence-corrected chi connectivity index (χ0v) is 17.5. The first-order valence-corrected chi connectivity index (χ1v) is 9.83. The molecule has 0 aliphatic rings. The topological polar surface area (TPSA) is 71.3 Å². The van der Waals surface area contributed by atoms with Crippen LogP contribution < -0.4 is 5.32 Å². The van der Waals surface area contributed by atoms with Crippen LogP contribution in [0.4, 0.5) is 8.78 Å². The predicted molar refractivity (Wildman–Crippen MR) is 111 cm³/mol. The largest absolute Gasteiger partial charge is 0.503 e. The Balaban J connectivity index is 2.20. The van der Waals surface area contributed by atoms with Crippen molar-refractivity contribution in [3.63, 3.8) is 0 Å². The minimum absolute atomic E-state index is 0.0633. The highest BCUT2D eigenvalue weighted by molar-refractivity contribution is 6.30. The minimum Gasteiger partial charge on any atom is -0.503 e. The van der Waals surface area contributed by atoms with Gasteiger partial charge in [-0.1, -0.05) is 18.5 Å². The molecule has 0 aliphatic heterocycles. The maximum Gasteiger partial charge on any atom is 0.262 e. The summed E-state index contributed by atoms with van der Waals surface area (Å²) in [5.74, 6) is -4.46. The van der Waals surface area contributed by atoms with Crippen molar-refractivity contribution in [2.75, 3.05) is 0 Å². The van der Waals surface area contributed by atoms with E-state index in [9.17, 15) is 23.5 Å². The summed E-state index contributed by atoms with van der Waals surface area (Å²) in [6.07, 6.45) is 0.484. The molecule has 0 aliphatic carbocycles. The third-order valence-electron chi connectivity index (χ3n) is 5.14. The molecule has 0 bridgehead atoms. The third-order valence-corrected chi connectivity index (χ3v) is 5.39. The number of phenolic OH excluding ortho intramolecular Hbond substituents is 1. The van der Waals surface area contributed by atoms with Crippen LogP contribution in [0.25, 0.3) is 10.9 Å². The van der Waals surface area contributed by atoms with Gasteiger partial charge in [0.15, 0.2) is 17.4 Å². The van der Waals surface area contributed by atoms with E-state index in [0.29, 0.717) is 11.4 Å². The molecule has 1 amide bonds. The molecule has 0 saturated heterocycles. The average molecular weight is 435 g/mol. The molecule has 1 atom stereocenters. The van der Waals surface area contributed by atoms with Crippen LogP contribution in [0.3, 0.4) is 0 Å². The van der Waals surface area contributed by atoms with E-state index in [4.69, 9.17) is 11.6 Å². The molecule has 1 aromatic heterocycles. The lowest BCUT2D eigenvalue weighted by atomic mass is 10.1. The number of carbonyl (C=O) groups is 2. The van der Waals surface area contributed by atoms with Gasteiger partial charge in [-0.15, -0.1) is 0 Å². The fourth-order valence-electron chi connectivity index (χ4n) is 3.34. The zero-order valence-electron chi connectivity index (χ0n) is 16.7. The highest BCUT2D eigenvalue weighted by Crippen LogP contribution is 2.35. The van der Waals surface area contributed by atoms with Gasteiger partial charge in [-0.3, -0.25) is 14.2 Å². The fraction of sp³-hybridized carbons (Fsp3) is 0.273. The Morgan fingerprint density at radius 2 is 1.87 bits per heavy atom. The number of nitrogens with zero attached hydrogens (tertiary/aromatic N) is 1. The summed E-state index contributed by atoms with van der Waals surface area (Å²) in [5.41, 5.74) is 0.685. The van der Waals surface area contributed by atoms with Gasteiger partial charge in [0.2, 0.25) is 5.91 Å². The molecule has 3 rings (SSSR count). The summed E-state index contributed by atoms with van der Waals surface area (Å²) < 4.78 is 30.1. The van der Waals surface area contributed by atoms with Gasteiger partial charge in [0.05, 0.1) is 11.9 Å². The summed E-state index contributed by atoms with van der Waals surface area (Å²) in [5, 5.41) is 12.8. The molecule has 2 aromatic carbocycles. The van der Waals surface area contributed by atoms with E-state index in [0.717, 1.165) is 10.6 Å². The van der Waals surface area contributed by atoms with Crippen LogP contribution in [0.15, 0.2) is 30.3 Å². The molecular formula is C22H21ClF2N2O3. The number of phenols is 1. The van der Waals surface area contributed by atoms with E-state index < -0.39 is 23.3 Å². The quantitative estimate of drug-likeness (QED) is 0.609. The van der Waals surface area contributed by atoms with Crippen molar-refractivity contribution >= 4 is 34.3 Å². The number of hydrogen-bond donors (Lipinski definition) is 2. The summed E-state index contributed by atoms with van der Waals surface area (Å²) in [6.45, 7) is 5.29. The second-order valence-corrected chi connectivity index (χ2v) is 7.62. The lowest BCUT2D eigenvalue weighted by Gasteiger charge is -2.12. The normalized spacial score (nSPS) is 12.2. The molecule has 2 N–H and O–H groups in total. The van der Waals surface area contributed by atoms with E-state index in [-0.39, 0.29) is 46.1 Å². The first-order chi connectivity index (χ1) is 14.1. The van der Waals surface area contributed by atoms with Crippen molar-refractivity contribution in [3.8, 4) is 5.75 Å². The van der Waals surface area contributed by atoms with Gasteiger partial charge in [0.25, 0.3) is 5.91 Å². The second kappa shape index (κ2) is 8.44. The van der Waals surface area contributed by atoms with Crippen LogP contribution in [-0.4, -0.2) is 27.5 Å². The van der Waals surface area contributed by atoms with E-state index in [1.807, 2.05) is 13.8 Å². The van der Waals surface area contributed by atoms with Crippen molar-refractivity contribution in [1.82, 2.24) is 9.88 Å². The van der Waals surface area contributed by atoms with Gasteiger partial charge in [-0.05, 0) is 50.1 Å². The van der Waals surface area contributed by atoms with Gasteiger partial charge in [-0.2, -0.15) is 0 Å². The Labute approximate surface area is 177 Å². The number of aromatic hydroxyl groups is 1. The Morgan fingerprint density at radius 1 is 1.23 bits per heavy atom. The second-order valence-electron chi connectivity index (χ2n) is 7.18. The molecule has 0 unspecified atom stereocenters. The minimum atomic E-state index is -1.21. The average Bonchev–Trinajstić information content (AvgIpc) is 2.97. The van der Waals surface area contributed by atoms with Gasteiger partial charge in [-0.25, -0.2) is 8.78 Å². The van der Waals surface area contributed by atoms with Crippen LogP contribution in [-0.2, 0) is 11.2 Å². The number of halogens is 3. The van der Waals surface area contributed by atoms with Crippen LogP contribution in [0, 0.1) is 18.6 Å².